The highest BCUT2D eigenvalue weighted by atomic mass is 19.1. The molecule has 0 fully saturated rings. The summed E-state index contributed by atoms with van der Waals surface area (Å²) in [6.45, 7) is 0. The highest BCUT2D eigenvalue weighted by molar-refractivity contribution is 5.45. The van der Waals surface area contributed by atoms with Gasteiger partial charge in [-0.15, -0.1) is 0 Å². The second kappa shape index (κ2) is 2.53. The van der Waals surface area contributed by atoms with E-state index in [0.29, 0.717) is 0 Å². The third kappa shape index (κ3) is 1.16. The largest absolute Gasteiger partial charge is 0.508 e. The Morgan fingerprint density at radius 3 is 2.60 bits per heavy atom. The number of anilines is 1. The minimum atomic E-state index is -0.692. The highest BCUT2D eigenvalue weighted by Gasteiger charge is 1.99. The number of rotatable bonds is 1. The van der Waals surface area contributed by atoms with Crippen molar-refractivity contribution in [2.24, 2.45) is 0 Å². The van der Waals surface area contributed by atoms with E-state index in [1.807, 2.05) is 0 Å². The van der Waals surface area contributed by atoms with Gasteiger partial charge >= 0.3 is 0 Å². The van der Waals surface area contributed by atoms with Gasteiger partial charge < -0.3 is 5.11 Å². The fraction of sp³-hybridized carbons (Fsp3) is 0. The first-order valence-corrected chi connectivity index (χ1v) is 2.62. The molecule has 0 radical (unpaired) electrons. The second-order valence-corrected chi connectivity index (χ2v) is 1.78. The number of halogens is 1. The third-order valence-electron chi connectivity index (χ3n) is 1.07. The molecule has 3 N–H and O–H groups in total. The molecule has 0 aliphatic rings. The van der Waals surface area contributed by atoms with Gasteiger partial charge in [-0.25, -0.2) is 4.39 Å². The van der Waals surface area contributed by atoms with Crippen LogP contribution in [-0.4, -0.2) is 10.3 Å². The Bertz CT molecular complexity index is 239. The van der Waals surface area contributed by atoms with Crippen LogP contribution in [0.25, 0.3) is 0 Å². The molecular formula is C6H6FNO2. The Kier molecular flexibility index (Phi) is 1.73. The summed E-state index contributed by atoms with van der Waals surface area (Å²) >= 11 is 0. The Balaban J connectivity index is 3.07. The Morgan fingerprint density at radius 1 is 1.40 bits per heavy atom. The van der Waals surface area contributed by atoms with Gasteiger partial charge in [0.25, 0.3) is 0 Å². The van der Waals surface area contributed by atoms with Crippen LogP contribution in [0.4, 0.5) is 10.1 Å². The van der Waals surface area contributed by atoms with E-state index in [9.17, 15) is 4.39 Å². The van der Waals surface area contributed by atoms with Crippen molar-refractivity contribution in [1.82, 2.24) is 0 Å². The van der Waals surface area contributed by atoms with Gasteiger partial charge in [0, 0.05) is 6.07 Å². The van der Waals surface area contributed by atoms with E-state index in [-0.39, 0.29) is 11.4 Å². The van der Waals surface area contributed by atoms with Gasteiger partial charge in [0.05, 0.1) is 5.69 Å². The lowest BCUT2D eigenvalue weighted by Gasteiger charge is -1.99. The molecule has 0 saturated carbocycles. The number of hydrogen-bond acceptors (Lipinski definition) is 3. The molecule has 4 heteroatoms. The van der Waals surface area contributed by atoms with E-state index in [2.05, 4.69) is 0 Å². The molecule has 10 heavy (non-hydrogen) atoms. The van der Waals surface area contributed by atoms with Gasteiger partial charge in [0.15, 0.2) is 5.82 Å². The average Bonchev–Trinajstić information content (AvgIpc) is 1.88. The number of aromatic hydroxyl groups is 1. The fourth-order valence-corrected chi connectivity index (χ4v) is 0.595. The van der Waals surface area contributed by atoms with Gasteiger partial charge in [0.2, 0.25) is 0 Å². The van der Waals surface area contributed by atoms with Crippen LogP contribution in [-0.2, 0) is 0 Å². The molecule has 1 aromatic carbocycles. The van der Waals surface area contributed by atoms with Crippen molar-refractivity contribution in [3.8, 4) is 5.75 Å². The number of hydrogen-bond donors (Lipinski definition) is 3. The van der Waals surface area contributed by atoms with Gasteiger partial charge in [-0.1, -0.05) is 0 Å². The Morgan fingerprint density at radius 2 is 2.10 bits per heavy atom. The molecule has 54 valence electrons. The molecule has 0 saturated heterocycles. The van der Waals surface area contributed by atoms with Gasteiger partial charge in [-0.2, -0.15) is 0 Å². The SMILES string of the molecule is ONc1ccc(O)cc1F. The first-order chi connectivity index (χ1) is 4.74. The Labute approximate surface area is 56.7 Å². The molecule has 0 aliphatic heterocycles. The summed E-state index contributed by atoms with van der Waals surface area (Å²) in [5.41, 5.74) is 1.58. The zero-order chi connectivity index (χ0) is 7.56. The molecule has 0 aromatic heterocycles. The van der Waals surface area contributed by atoms with E-state index in [1.54, 1.807) is 5.48 Å². The summed E-state index contributed by atoms with van der Waals surface area (Å²) in [5.74, 6) is -0.862. The third-order valence-corrected chi connectivity index (χ3v) is 1.07. The van der Waals surface area contributed by atoms with Crippen molar-refractivity contribution in [3.63, 3.8) is 0 Å². The fourth-order valence-electron chi connectivity index (χ4n) is 0.595. The lowest BCUT2D eigenvalue weighted by Crippen LogP contribution is -1.91. The lowest BCUT2D eigenvalue weighted by atomic mass is 10.3. The lowest BCUT2D eigenvalue weighted by molar-refractivity contribution is 0.383. The quantitative estimate of drug-likeness (QED) is 0.410. The molecule has 1 aromatic rings. The molecular weight excluding hydrogens is 137 g/mol. The smallest absolute Gasteiger partial charge is 0.152 e. The minimum absolute atomic E-state index is 0.0576. The van der Waals surface area contributed by atoms with Crippen LogP contribution in [0, 0.1) is 5.82 Å². The minimum Gasteiger partial charge on any atom is -0.508 e. The zero-order valence-electron chi connectivity index (χ0n) is 5.00. The second-order valence-electron chi connectivity index (χ2n) is 1.78. The predicted molar refractivity (Wildman–Crippen MR) is 33.5 cm³/mol. The normalized spacial score (nSPS) is 9.40. The molecule has 0 amide bonds. The number of nitrogens with one attached hydrogen (secondary N) is 1. The van der Waals surface area contributed by atoms with Crippen LogP contribution in [0.3, 0.4) is 0 Å². The average molecular weight is 143 g/mol. The van der Waals surface area contributed by atoms with E-state index in [4.69, 9.17) is 10.3 Å². The van der Waals surface area contributed by atoms with Crippen molar-refractivity contribution >= 4 is 5.69 Å². The number of phenolic OH excluding ortho intramolecular Hbond substituents is 1. The van der Waals surface area contributed by atoms with Crippen molar-refractivity contribution in [1.29, 1.82) is 0 Å². The van der Waals surface area contributed by atoms with Crippen LogP contribution in [0.15, 0.2) is 18.2 Å². The van der Waals surface area contributed by atoms with Crippen LogP contribution in [0.5, 0.6) is 5.75 Å². The van der Waals surface area contributed by atoms with Crippen molar-refractivity contribution in [2.45, 2.75) is 0 Å². The predicted octanol–water partition coefficient (Wildman–Crippen LogP) is 1.33. The summed E-state index contributed by atoms with van der Waals surface area (Å²) in [6, 6.07) is 3.39. The van der Waals surface area contributed by atoms with Crippen LogP contribution >= 0.6 is 0 Å². The molecule has 1 rings (SSSR count). The van der Waals surface area contributed by atoms with E-state index >= 15 is 0 Å². The molecule has 0 heterocycles. The van der Waals surface area contributed by atoms with Crippen molar-refractivity contribution < 1.29 is 14.7 Å². The Hall–Kier alpha value is -1.29. The summed E-state index contributed by atoms with van der Waals surface area (Å²) in [7, 11) is 0. The summed E-state index contributed by atoms with van der Waals surface area (Å²) in [5, 5.41) is 16.9. The van der Waals surface area contributed by atoms with E-state index < -0.39 is 5.82 Å². The monoisotopic (exact) mass is 143 g/mol. The van der Waals surface area contributed by atoms with Crippen LogP contribution in [0.1, 0.15) is 0 Å². The summed E-state index contributed by atoms with van der Waals surface area (Å²) < 4.78 is 12.5. The molecule has 0 bridgehead atoms. The first-order valence-electron chi connectivity index (χ1n) is 2.62. The molecule has 0 unspecified atom stereocenters. The van der Waals surface area contributed by atoms with Crippen molar-refractivity contribution in [3.05, 3.63) is 24.0 Å². The molecule has 0 spiro atoms. The van der Waals surface area contributed by atoms with Gasteiger partial charge in [-0.05, 0) is 12.1 Å². The topological polar surface area (TPSA) is 52.5 Å². The molecule has 3 nitrogen and oxygen atoms in total. The molecule has 0 aliphatic carbocycles. The maximum Gasteiger partial charge on any atom is 0.152 e. The zero-order valence-corrected chi connectivity index (χ0v) is 5.00. The van der Waals surface area contributed by atoms with Gasteiger partial charge in [-0.3, -0.25) is 10.7 Å². The number of phenols is 1. The van der Waals surface area contributed by atoms with E-state index in [1.165, 1.54) is 12.1 Å². The standard InChI is InChI=1S/C6H6FNO2/c7-5-3-4(9)1-2-6(5)8-10/h1-3,8-10H. The van der Waals surface area contributed by atoms with Crippen molar-refractivity contribution in [2.75, 3.05) is 5.48 Å². The maximum absolute atomic E-state index is 12.5. The van der Waals surface area contributed by atoms with Gasteiger partial charge in [0.1, 0.15) is 5.75 Å². The van der Waals surface area contributed by atoms with Crippen LogP contribution in [0.2, 0.25) is 0 Å². The van der Waals surface area contributed by atoms with Crippen LogP contribution < -0.4 is 5.48 Å². The molecule has 0 atom stereocenters. The summed E-state index contributed by atoms with van der Waals surface area (Å²) in [4.78, 5) is 0. The highest BCUT2D eigenvalue weighted by Crippen LogP contribution is 2.18. The summed E-state index contributed by atoms with van der Waals surface area (Å²) in [6.07, 6.45) is 0. The first kappa shape index (κ1) is 6.82. The maximum atomic E-state index is 12.5. The van der Waals surface area contributed by atoms with E-state index in [0.717, 1.165) is 6.07 Å². The number of benzene rings is 1.